The molecule has 13 nitrogen and oxygen atoms in total. The average Bonchev–Trinajstić information content (AvgIpc) is 3.62. The van der Waals surface area contributed by atoms with E-state index in [0.29, 0.717) is 30.4 Å². The van der Waals surface area contributed by atoms with Crippen molar-refractivity contribution in [2.24, 2.45) is 0 Å². The Labute approximate surface area is 274 Å². The Balaban J connectivity index is 1.15. The first-order valence-electron chi connectivity index (χ1n) is 15.4. The fourth-order valence-electron chi connectivity index (χ4n) is 5.61. The number of hydrogen-bond acceptors (Lipinski definition) is 10. The number of ether oxygens (including phenoxy) is 2. The van der Waals surface area contributed by atoms with E-state index in [1.165, 1.54) is 10.7 Å². The normalized spacial score (nSPS) is 24.2. The van der Waals surface area contributed by atoms with Crippen molar-refractivity contribution in [3.05, 3.63) is 111 Å². The highest BCUT2D eigenvalue weighted by Gasteiger charge is 2.47. The molecule has 254 valence electrons. The van der Waals surface area contributed by atoms with Crippen molar-refractivity contribution in [3.8, 4) is 28.4 Å². The number of nitrogens with zero attached hydrogens (tertiary/aromatic N) is 2. The van der Waals surface area contributed by atoms with E-state index in [4.69, 9.17) is 18.5 Å². The highest BCUT2D eigenvalue weighted by Crippen LogP contribution is 2.61. The number of hydrogen-bond donors (Lipinski definition) is 4. The van der Waals surface area contributed by atoms with Gasteiger partial charge in [0.25, 0.3) is 5.56 Å². The summed E-state index contributed by atoms with van der Waals surface area (Å²) in [5, 5.41) is 30.5. The number of phenols is 1. The third kappa shape index (κ3) is 7.45. The van der Waals surface area contributed by atoms with Gasteiger partial charge in [-0.3, -0.25) is 23.4 Å². The number of unbranched alkanes of at least 4 members (excludes halogenated alkanes) is 1. The Morgan fingerprint density at radius 1 is 1.02 bits per heavy atom. The van der Waals surface area contributed by atoms with Gasteiger partial charge in [0, 0.05) is 26.1 Å². The number of phenolic OH excluding ortho intramolecular Hbond substituents is 1. The number of H-pyrrole nitrogens is 1. The maximum absolute atomic E-state index is 14.1. The molecule has 2 saturated heterocycles. The number of aromatic amines is 1. The Kier molecular flexibility index (Phi) is 10.2. The Bertz CT molecular complexity index is 1890. The number of halogens is 1. The summed E-state index contributed by atoms with van der Waals surface area (Å²) in [4.78, 5) is 25.5. The van der Waals surface area contributed by atoms with E-state index in [1.807, 2.05) is 47.4 Å². The molecule has 15 heteroatoms. The van der Waals surface area contributed by atoms with Crippen molar-refractivity contribution in [1.29, 1.82) is 0 Å². The first-order chi connectivity index (χ1) is 23.1. The third-order valence-electron chi connectivity index (χ3n) is 8.19. The van der Waals surface area contributed by atoms with Gasteiger partial charge in [-0.1, -0.05) is 48.5 Å². The van der Waals surface area contributed by atoms with E-state index < -0.39 is 49.4 Å². The zero-order chi connectivity index (χ0) is 33.8. The van der Waals surface area contributed by atoms with Gasteiger partial charge >= 0.3 is 13.4 Å². The minimum atomic E-state index is -3.98. The van der Waals surface area contributed by atoms with Crippen molar-refractivity contribution in [3.63, 3.8) is 0 Å². The quantitative estimate of drug-likeness (QED) is 0.123. The lowest BCUT2D eigenvalue weighted by molar-refractivity contribution is -0.0446. The summed E-state index contributed by atoms with van der Waals surface area (Å²) in [6.07, 6.45) is -2.53. The van der Waals surface area contributed by atoms with E-state index in [9.17, 15) is 33.9 Å². The Hall–Kier alpha value is -4.14. The van der Waals surface area contributed by atoms with Gasteiger partial charge in [-0.15, -0.1) is 0 Å². The first kappa shape index (κ1) is 33.7. The van der Waals surface area contributed by atoms with Crippen LogP contribution in [-0.4, -0.2) is 68.1 Å². The summed E-state index contributed by atoms with van der Waals surface area (Å²) in [7, 11) is -3.98. The fourth-order valence-corrected chi connectivity index (χ4v) is 7.55. The van der Waals surface area contributed by atoms with Crippen LogP contribution < -0.4 is 16.0 Å². The van der Waals surface area contributed by atoms with Gasteiger partial charge in [0.2, 0.25) is 5.82 Å². The molecule has 0 amide bonds. The monoisotopic (exact) mass is 683 g/mol. The van der Waals surface area contributed by atoms with Crippen LogP contribution in [0.3, 0.4) is 0 Å². The molecule has 2 aliphatic heterocycles. The maximum atomic E-state index is 14.1. The van der Waals surface area contributed by atoms with Gasteiger partial charge in [-0.2, -0.15) is 4.39 Å². The van der Waals surface area contributed by atoms with E-state index in [2.05, 4.69) is 0 Å². The molecule has 6 rings (SSSR count). The van der Waals surface area contributed by atoms with Crippen molar-refractivity contribution in [1.82, 2.24) is 14.2 Å². The number of benzene rings is 3. The highest BCUT2D eigenvalue weighted by molar-refractivity contribution is 7.51. The molecule has 4 N–H and O–H groups in total. The minimum Gasteiger partial charge on any atom is -0.504 e. The number of rotatable bonds is 12. The second-order valence-corrected chi connectivity index (χ2v) is 13.5. The number of aromatic nitrogens is 2. The number of aromatic hydroxyl groups is 1. The van der Waals surface area contributed by atoms with Crippen molar-refractivity contribution < 1.29 is 42.8 Å². The van der Waals surface area contributed by atoms with Crippen molar-refractivity contribution >= 4 is 7.75 Å². The summed E-state index contributed by atoms with van der Waals surface area (Å²) in [5.74, 6) is -0.633. The Morgan fingerprint density at radius 2 is 1.77 bits per heavy atom. The van der Waals surface area contributed by atoms with Gasteiger partial charge < -0.3 is 24.8 Å². The molecule has 1 aromatic heterocycles. The van der Waals surface area contributed by atoms with Gasteiger partial charge in [-0.05, 0) is 53.8 Å². The molecule has 48 heavy (non-hydrogen) atoms. The largest absolute Gasteiger partial charge is 0.504 e. The number of aliphatic hydroxyl groups is 2. The summed E-state index contributed by atoms with van der Waals surface area (Å²) < 4.78 is 53.9. The predicted molar refractivity (Wildman–Crippen MR) is 171 cm³/mol. The van der Waals surface area contributed by atoms with E-state index in [1.54, 1.807) is 24.3 Å². The van der Waals surface area contributed by atoms with Gasteiger partial charge in [0.1, 0.15) is 24.2 Å². The molecular weight excluding hydrogens is 648 g/mol. The fraction of sp³-hybridized carbons (Fsp3) is 0.333. The molecule has 0 bridgehead atoms. The SMILES string of the molecule is O=c1[nH]c(=O)n(C2CC(O)C(COP3(=O)OC(c4ccc(O)c(Oc5ccc(-c6ccccc6)cc5)c4)CN3CCCCO)O2)cc1F. The molecule has 0 radical (unpaired) electrons. The van der Waals surface area contributed by atoms with E-state index in [-0.39, 0.29) is 44.2 Å². The zero-order valence-corrected chi connectivity index (χ0v) is 26.6. The molecule has 2 aliphatic rings. The van der Waals surface area contributed by atoms with Crippen LogP contribution in [0.1, 0.15) is 37.2 Å². The van der Waals surface area contributed by atoms with Gasteiger partial charge in [0.15, 0.2) is 11.5 Å². The molecule has 3 heterocycles. The zero-order valence-electron chi connectivity index (χ0n) is 25.7. The standard InChI is InChI=1S/C33H35FN3O10P/c34-25-18-37(33(42)35-32(25)41)31-17-27(40)30(46-31)20-44-48(43)36(14-4-5-15-38)19-29(47-48)23-10-13-26(39)28(16-23)45-24-11-8-22(9-12-24)21-6-2-1-3-7-21/h1-3,6-13,16,18,27,29-31,38-40H,4-5,14-15,17,19-20H2,(H,35,41,42). The molecule has 2 fully saturated rings. The molecule has 3 aromatic carbocycles. The summed E-state index contributed by atoms with van der Waals surface area (Å²) in [6, 6.07) is 21.9. The van der Waals surface area contributed by atoms with E-state index >= 15 is 0 Å². The molecule has 5 atom stereocenters. The van der Waals surface area contributed by atoms with Crippen LogP contribution in [0.4, 0.5) is 4.39 Å². The Morgan fingerprint density at radius 3 is 2.52 bits per heavy atom. The van der Waals surface area contributed by atoms with Crippen LogP contribution >= 0.6 is 7.75 Å². The second-order valence-electron chi connectivity index (χ2n) is 11.5. The topological polar surface area (TPSA) is 173 Å². The summed E-state index contributed by atoms with van der Waals surface area (Å²) >= 11 is 0. The summed E-state index contributed by atoms with van der Waals surface area (Å²) in [6.45, 7) is -0.0160. The lowest BCUT2D eigenvalue weighted by Gasteiger charge is -2.24. The molecule has 0 spiro atoms. The van der Waals surface area contributed by atoms with Gasteiger partial charge in [0.05, 0.1) is 18.9 Å². The minimum absolute atomic E-state index is 0.0531. The van der Waals surface area contributed by atoms with Gasteiger partial charge in [-0.25, -0.2) is 14.0 Å². The molecule has 0 saturated carbocycles. The van der Waals surface area contributed by atoms with Crippen molar-refractivity contribution in [2.75, 3.05) is 26.3 Å². The van der Waals surface area contributed by atoms with Crippen LogP contribution in [0.2, 0.25) is 0 Å². The average molecular weight is 684 g/mol. The number of aliphatic hydroxyl groups excluding tert-OH is 2. The molecular formula is C33H35FN3O10P. The summed E-state index contributed by atoms with van der Waals surface area (Å²) in [5.41, 5.74) is 0.533. The van der Waals surface area contributed by atoms with Crippen LogP contribution in [0.25, 0.3) is 11.1 Å². The lowest BCUT2D eigenvalue weighted by atomic mass is 10.1. The van der Waals surface area contributed by atoms with Crippen LogP contribution in [0.15, 0.2) is 88.6 Å². The number of nitrogens with one attached hydrogen (secondary N) is 1. The lowest BCUT2D eigenvalue weighted by Crippen LogP contribution is -2.34. The first-order valence-corrected chi connectivity index (χ1v) is 16.9. The van der Waals surface area contributed by atoms with Crippen molar-refractivity contribution in [2.45, 2.75) is 43.8 Å². The van der Waals surface area contributed by atoms with Crippen LogP contribution in [-0.2, 0) is 18.3 Å². The predicted octanol–water partition coefficient (Wildman–Crippen LogP) is 4.46. The second kappa shape index (κ2) is 14.5. The van der Waals surface area contributed by atoms with Crippen LogP contribution in [0, 0.1) is 5.82 Å². The molecule has 0 aliphatic carbocycles. The third-order valence-corrected chi connectivity index (χ3v) is 10.2. The molecule has 5 unspecified atom stereocenters. The smallest absolute Gasteiger partial charge is 0.409 e. The maximum Gasteiger partial charge on any atom is 0.409 e. The van der Waals surface area contributed by atoms with Crippen LogP contribution in [0.5, 0.6) is 17.2 Å². The highest BCUT2D eigenvalue weighted by atomic mass is 31.2. The molecule has 4 aromatic rings. The van der Waals surface area contributed by atoms with E-state index in [0.717, 1.165) is 15.7 Å².